The molecule has 1 saturated heterocycles. The Kier molecular flexibility index (Phi) is 3.07. The van der Waals surface area contributed by atoms with E-state index in [1.54, 1.807) is 6.07 Å². The molecule has 98 valence electrons. The first kappa shape index (κ1) is 11.7. The van der Waals surface area contributed by atoms with Crippen molar-refractivity contribution in [1.82, 2.24) is 15.8 Å². The molecule has 3 rings (SSSR count). The van der Waals surface area contributed by atoms with E-state index in [0.29, 0.717) is 17.5 Å². The van der Waals surface area contributed by atoms with Gasteiger partial charge in [0.25, 0.3) is 5.91 Å². The van der Waals surface area contributed by atoms with Gasteiger partial charge in [0.15, 0.2) is 5.69 Å². The maximum Gasteiger partial charge on any atom is 0.273 e. The summed E-state index contributed by atoms with van der Waals surface area (Å²) in [6.45, 7) is 4.06. The number of rotatable bonds is 3. The molecule has 0 bridgehead atoms. The van der Waals surface area contributed by atoms with E-state index in [2.05, 4.69) is 22.7 Å². The molecule has 18 heavy (non-hydrogen) atoms. The highest BCUT2D eigenvalue weighted by Gasteiger charge is 2.30. The molecule has 1 aliphatic heterocycles. The topological polar surface area (TPSA) is 67.2 Å². The predicted molar refractivity (Wildman–Crippen MR) is 66.4 cm³/mol. The molecule has 2 fully saturated rings. The van der Waals surface area contributed by atoms with Crippen LogP contribution in [-0.4, -0.2) is 30.2 Å². The monoisotopic (exact) mass is 249 g/mol. The molecule has 1 amide bonds. The molecule has 5 heteroatoms. The zero-order valence-electron chi connectivity index (χ0n) is 10.6. The highest BCUT2D eigenvalue weighted by atomic mass is 16.5. The van der Waals surface area contributed by atoms with E-state index < -0.39 is 0 Å². The molecular weight excluding hydrogens is 230 g/mol. The summed E-state index contributed by atoms with van der Waals surface area (Å²) < 4.78 is 5.20. The number of carbonyl (C=O) groups excluding carboxylic acids is 1. The molecule has 2 heterocycles. The van der Waals surface area contributed by atoms with Crippen molar-refractivity contribution in [3.63, 3.8) is 0 Å². The molecule has 2 unspecified atom stereocenters. The van der Waals surface area contributed by atoms with Gasteiger partial charge in [-0.15, -0.1) is 0 Å². The number of hydrogen-bond donors (Lipinski definition) is 2. The Morgan fingerprint density at radius 3 is 3.06 bits per heavy atom. The van der Waals surface area contributed by atoms with Crippen molar-refractivity contribution in [2.75, 3.05) is 13.1 Å². The largest absolute Gasteiger partial charge is 0.360 e. The van der Waals surface area contributed by atoms with Gasteiger partial charge in [-0.2, -0.15) is 0 Å². The maximum atomic E-state index is 12.1. The van der Waals surface area contributed by atoms with E-state index in [0.717, 1.165) is 38.1 Å². The number of nitrogens with one attached hydrogen (secondary N) is 2. The Morgan fingerprint density at radius 1 is 1.50 bits per heavy atom. The second-order valence-corrected chi connectivity index (χ2v) is 5.44. The summed E-state index contributed by atoms with van der Waals surface area (Å²) in [6, 6.07) is 2.03. The number of amides is 1. The maximum absolute atomic E-state index is 12.1. The van der Waals surface area contributed by atoms with Crippen molar-refractivity contribution in [3.05, 3.63) is 17.5 Å². The van der Waals surface area contributed by atoms with Crippen LogP contribution in [0.3, 0.4) is 0 Å². The summed E-state index contributed by atoms with van der Waals surface area (Å²) in [7, 11) is 0. The molecule has 0 radical (unpaired) electrons. The molecule has 1 aliphatic carbocycles. The lowest BCUT2D eigenvalue weighted by atomic mass is 9.95. The van der Waals surface area contributed by atoms with Gasteiger partial charge < -0.3 is 15.2 Å². The SMILES string of the molecule is CC1CNCCC1NC(=O)c1cc(C2CC2)on1. The second-order valence-electron chi connectivity index (χ2n) is 5.44. The fraction of sp³-hybridized carbons (Fsp3) is 0.692. The van der Waals surface area contributed by atoms with Crippen molar-refractivity contribution < 1.29 is 9.32 Å². The molecular formula is C13H19N3O2. The number of hydrogen-bond acceptors (Lipinski definition) is 4. The Bertz CT molecular complexity index is 439. The summed E-state index contributed by atoms with van der Waals surface area (Å²) >= 11 is 0. The molecule has 2 N–H and O–H groups in total. The fourth-order valence-corrected chi connectivity index (χ4v) is 2.43. The average molecular weight is 249 g/mol. The van der Waals surface area contributed by atoms with E-state index in [4.69, 9.17) is 4.52 Å². The predicted octanol–water partition coefficient (Wildman–Crippen LogP) is 1.28. The van der Waals surface area contributed by atoms with Gasteiger partial charge in [-0.05, 0) is 38.3 Å². The summed E-state index contributed by atoms with van der Waals surface area (Å²) in [5.74, 6) is 1.71. The fourth-order valence-electron chi connectivity index (χ4n) is 2.43. The first-order valence-corrected chi connectivity index (χ1v) is 6.72. The summed E-state index contributed by atoms with van der Waals surface area (Å²) in [6.07, 6.45) is 3.28. The summed E-state index contributed by atoms with van der Waals surface area (Å²) in [4.78, 5) is 12.1. The van der Waals surface area contributed by atoms with Crippen molar-refractivity contribution in [1.29, 1.82) is 0 Å². The average Bonchev–Trinajstić information content (AvgIpc) is 3.10. The third-order valence-electron chi connectivity index (χ3n) is 3.84. The van der Waals surface area contributed by atoms with Crippen LogP contribution in [0.2, 0.25) is 0 Å². The van der Waals surface area contributed by atoms with E-state index in [1.165, 1.54) is 0 Å². The van der Waals surface area contributed by atoms with E-state index in [-0.39, 0.29) is 11.9 Å². The van der Waals surface area contributed by atoms with Gasteiger partial charge in [0.1, 0.15) is 5.76 Å². The lowest BCUT2D eigenvalue weighted by molar-refractivity contribution is 0.0905. The first-order valence-electron chi connectivity index (χ1n) is 6.72. The van der Waals surface area contributed by atoms with Crippen LogP contribution in [0.5, 0.6) is 0 Å². The van der Waals surface area contributed by atoms with Crippen LogP contribution in [0.15, 0.2) is 10.6 Å². The molecule has 0 spiro atoms. The third kappa shape index (κ3) is 2.41. The molecule has 2 atom stereocenters. The Morgan fingerprint density at radius 2 is 2.33 bits per heavy atom. The lowest BCUT2D eigenvalue weighted by Gasteiger charge is -2.29. The van der Waals surface area contributed by atoms with Crippen molar-refractivity contribution in [2.45, 2.75) is 38.1 Å². The van der Waals surface area contributed by atoms with E-state index in [1.807, 2.05) is 0 Å². The molecule has 5 nitrogen and oxygen atoms in total. The van der Waals surface area contributed by atoms with Crippen LogP contribution in [0.25, 0.3) is 0 Å². The van der Waals surface area contributed by atoms with E-state index >= 15 is 0 Å². The zero-order valence-corrected chi connectivity index (χ0v) is 10.6. The number of nitrogens with zero attached hydrogens (tertiary/aromatic N) is 1. The highest BCUT2D eigenvalue weighted by molar-refractivity contribution is 5.92. The van der Waals surface area contributed by atoms with Crippen LogP contribution in [0.1, 0.15) is 48.4 Å². The van der Waals surface area contributed by atoms with Gasteiger partial charge in [0.2, 0.25) is 0 Å². The standard InChI is InChI=1S/C13H19N3O2/c1-8-7-14-5-4-10(8)15-13(17)11-6-12(18-16-11)9-2-3-9/h6,8-10,14H,2-5,7H2,1H3,(H,15,17). The normalized spacial score (nSPS) is 28.1. The van der Waals surface area contributed by atoms with Gasteiger partial charge in [0, 0.05) is 18.0 Å². The van der Waals surface area contributed by atoms with Crippen LogP contribution in [0, 0.1) is 5.92 Å². The van der Waals surface area contributed by atoms with Gasteiger partial charge in [-0.3, -0.25) is 4.79 Å². The number of piperidine rings is 1. The van der Waals surface area contributed by atoms with Gasteiger partial charge in [-0.1, -0.05) is 12.1 Å². The van der Waals surface area contributed by atoms with Gasteiger partial charge in [-0.25, -0.2) is 0 Å². The first-order chi connectivity index (χ1) is 8.74. The van der Waals surface area contributed by atoms with Crippen molar-refractivity contribution in [3.8, 4) is 0 Å². The Hall–Kier alpha value is -1.36. The minimum Gasteiger partial charge on any atom is -0.360 e. The van der Waals surface area contributed by atoms with E-state index in [9.17, 15) is 4.79 Å². The Balaban J connectivity index is 1.62. The molecule has 1 aromatic rings. The second kappa shape index (κ2) is 4.72. The van der Waals surface area contributed by atoms with Crippen molar-refractivity contribution in [2.24, 2.45) is 5.92 Å². The van der Waals surface area contributed by atoms with Crippen molar-refractivity contribution >= 4 is 5.91 Å². The van der Waals surface area contributed by atoms with Crippen LogP contribution < -0.4 is 10.6 Å². The highest BCUT2D eigenvalue weighted by Crippen LogP contribution is 2.40. The minimum absolute atomic E-state index is 0.107. The Labute approximate surface area is 106 Å². The quantitative estimate of drug-likeness (QED) is 0.847. The van der Waals surface area contributed by atoms with Crippen LogP contribution in [-0.2, 0) is 0 Å². The minimum atomic E-state index is -0.107. The molecule has 1 aromatic heterocycles. The lowest BCUT2D eigenvalue weighted by Crippen LogP contribution is -2.48. The van der Waals surface area contributed by atoms with Crippen LogP contribution in [0.4, 0.5) is 0 Å². The third-order valence-corrected chi connectivity index (χ3v) is 3.84. The summed E-state index contributed by atoms with van der Waals surface area (Å²) in [5.41, 5.74) is 0.419. The zero-order chi connectivity index (χ0) is 12.5. The molecule has 1 saturated carbocycles. The smallest absolute Gasteiger partial charge is 0.273 e. The van der Waals surface area contributed by atoms with Gasteiger partial charge >= 0.3 is 0 Å². The number of carbonyl (C=O) groups is 1. The van der Waals surface area contributed by atoms with Gasteiger partial charge in [0.05, 0.1) is 0 Å². The summed E-state index contributed by atoms with van der Waals surface area (Å²) in [5, 5.41) is 10.2. The molecule has 0 aromatic carbocycles. The number of aromatic nitrogens is 1. The van der Waals surface area contributed by atoms with Crippen LogP contribution >= 0.6 is 0 Å². The molecule has 2 aliphatic rings.